The minimum Gasteiger partial charge on any atom is -0.355 e. The molecule has 12 heavy (non-hydrogen) atoms. The zero-order valence-electron chi connectivity index (χ0n) is 7.00. The fourth-order valence-electron chi connectivity index (χ4n) is 0.834. The largest absolute Gasteiger partial charge is 0.355 e. The highest BCUT2D eigenvalue weighted by atomic mass is 16.2. The quantitative estimate of drug-likeness (QED) is 0.625. The van der Waals surface area contributed by atoms with Crippen molar-refractivity contribution in [1.82, 2.24) is 9.88 Å². The minimum atomic E-state index is -0.243. The molecule has 4 nitrogen and oxygen atoms in total. The lowest BCUT2D eigenvalue weighted by atomic mass is 10.2. The van der Waals surface area contributed by atoms with E-state index in [0.29, 0.717) is 5.56 Å². The second kappa shape index (κ2) is 3.21. The summed E-state index contributed by atoms with van der Waals surface area (Å²) in [7, 11) is 3.16. The predicted molar refractivity (Wildman–Crippen MR) is 45.1 cm³/mol. The molecule has 0 aliphatic carbocycles. The minimum absolute atomic E-state index is 0.184. The third kappa shape index (κ3) is 1.53. The van der Waals surface area contributed by atoms with Gasteiger partial charge in [0.15, 0.2) is 0 Å². The lowest BCUT2D eigenvalue weighted by molar-refractivity contribution is 0.0963. The Hall–Kier alpha value is -1.58. The van der Waals surface area contributed by atoms with Crippen molar-refractivity contribution >= 4 is 5.91 Å². The molecule has 0 fully saturated rings. The van der Waals surface area contributed by atoms with Crippen LogP contribution in [-0.2, 0) is 7.05 Å². The first-order valence-corrected chi connectivity index (χ1v) is 3.54. The van der Waals surface area contributed by atoms with Crippen LogP contribution in [0.5, 0.6) is 0 Å². The number of rotatable bonds is 1. The average molecular weight is 166 g/mol. The number of amides is 1. The summed E-state index contributed by atoms with van der Waals surface area (Å²) in [5.74, 6) is -0.243. The lowest BCUT2D eigenvalue weighted by Crippen LogP contribution is -2.22. The standard InChI is InChI=1S/C8H10N2O2/c1-9-8(12)6-3-4-10(2)7(11)5-6/h3-5H,1-2H3,(H,9,12). The van der Waals surface area contributed by atoms with Gasteiger partial charge in [0.2, 0.25) is 0 Å². The molecule has 0 saturated carbocycles. The van der Waals surface area contributed by atoms with Crippen LogP contribution in [0.1, 0.15) is 10.4 Å². The molecule has 4 heteroatoms. The Balaban J connectivity index is 3.13. The molecule has 0 aromatic carbocycles. The van der Waals surface area contributed by atoms with Gasteiger partial charge in [0.1, 0.15) is 0 Å². The van der Waals surface area contributed by atoms with E-state index in [1.54, 1.807) is 19.3 Å². The van der Waals surface area contributed by atoms with E-state index >= 15 is 0 Å². The van der Waals surface area contributed by atoms with Crippen molar-refractivity contribution < 1.29 is 4.79 Å². The Kier molecular flexibility index (Phi) is 2.28. The SMILES string of the molecule is CNC(=O)c1ccn(C)c(=O)c1. The van der Waals surface area contributed by atoms with E-state index in [9.17, 15) is 9.59 Å². The molecule has 1 aromatic heterocycles. The van der Waals surface area contributed by atoms with Gasteiger partial charge in [-0.15, -0.1) is 0 Å². The number of hydrogen-bond donors (Lipinski definition) is 1. The topological polar surface area (TPSA) is 51.1 Å². The molecule has 0 atom stereocenters. The molecule has 0 radical (unpaired) electrons. The van der Waals surface area contributed by atoms with Crippen LogP contribution in [0.4, 0.5) is 0 Å². The first-order chi connectivity index (χ1) is 5.65. The van der Waals surface area contributed by atoms with Crippen molar-refractivity contribution in [3.8, 4) is 0 Å². The van der Waals surface area contributed by atoms with Gasteiger partial charge in [-0.1, -0.05) is 0 Å². The van der Waals surface area contributed by atoms with Crippen LogP contribution in [0, 0.1) is 0 Å². The summed E-state index contributed by atoms with van der Waals surface area (Å²) in [6, 6.07) is 2.90. The molecule has 0 aliphatic rings. The number of carbonyl (C=O) groups is 1. The number of nitrogens with zero attached hydrogens (tertiary/aromatic N) is 1. The fourth-order valence-corrected chi connectivity index (χ4v) is 0.834. The van der Waals surface area contributed by atoms with Crippen LogP contribution in [0.15, 0.2) is 23.1 Å². The second-order valence-electron chi connectivity index (χ2n) is 2.44. The summed E-state index contributed by atoms with van der Waals surface area (Å²) in [6.07, 6.45) is 1.56. The second-order valence-corrected chi connectivity index (χ2v) is 2.44. The molecule has 0 aliphatic heterocycles. The highest BCUT2D eigenvalue weighted by molar-refractivity contribution is 5.93. The number of nitrogens with one attached hydrogen (secondary N) is 1. The normalized spacial score (nSPS) is 9.50. The molecule has 0 saturated heterocycles. The molecule has 64 valence electrons. The summed E-state index contributed by atoms with van der Waals surface area (Å²) in [4.78, 5) is 22.1. The smallest absolute Gasteiger partial charge is 0.251 e. The van der Waals surface area contributed by atoms with Gasteiger partial charge in [-0.2, -0.15) is 0 Å². The van der Waals surface area contributed by atoms with Gasteiger partial charge >= 0.3 is 0 Å². The molecule has 0 unspecified atom stereocenters. The van der Waals surface area contributed by atoms with Crippen molar-refractivity contribution in [2.24, 2.45) is 7.05 Å². The van der Waals surface area contributed by atoms with Crippen molar-refractivity contribution in [3.05, 3.63) is 34.2 Å². The van der Waals surface area contributed by atoms with Crippen molar-refractivity contribution in [2.45, 2.75) is 0 Å². The van der Waals surface area contributed by atoms with Crippen molar-refractivity contribution in [1.29, 1.82) is 0 Å². The third-order valence-corrected chi connectivity index (χ3v) is 1.59. The lowest BCUT2D eigenvalue weighted by Gasteiger charge is -1.99. The third-order valence-electron chi connectivity index (χ3n) is 1.59. The Morgan fingerprint density at radius 2 is 2.25 bits per heavy atom. The average Bonchev–Trinajstić information content (AvgIpc) is 2.08. The van der Waals surface area contributed by atoms with Crippen molar-refractivity contribution in [2.75, 3.05) is 7.05 Å². The Bertz CT molecular complexity index is 354. The summed E-state index contributed by atoms with van der Waals surface area (Å²) in [5.41, 5.74) is 0.205. The number of aryl methyl sites for hydroxylation is 1. The van der Waals surface area contributed by atoms with Gasteiger partial charge < -0.3 is 9.88 Å². The first-order valence-electron chi connectivity index (χ1n) is 3.54. The van der Waals surface area contributed by atoms with Crippen LogP contribution < -0.4 is 10.9 Å². The van der Waals surface area contributed by atoms with Crippen LogP contribution in [0.25, 0.3) is 0 Å². The Labute approximate surface area is 69.8 Å². The van der Waals surface area contributed by atoms with E-state index in [2.05, 4.69) is 5.32 Å². The van der Waals surface area contributed by atoms with E-state index < -0.39 is 0 Å². The zero-order chi connectivity index (χ0) is 9.14. The van der Waals surface area contributed by atoms with Gasteiger partial charge in [0, 0.05) is 31.9 Å². The molecule has 1 heterocycles. The number of aromatic nitrogens is 1. The maximum Gasteiger partial charge on any atom is 0.251 e. The summed E-state index contributed by atoms with van der Waals surface area (Å²) in [5, 5.41) is 2.44. The van der Waals surface area contributed by atoms with Crippen molar-refractivity contribution in [3.63, 3.8) is 0 Å². The van der Waals surface area contributed by atoms with E-state index in [1.807, 2.05) is 0 Å². The Morgan fingerprint density at radius 1 is 1.58 bits per heavy atom. The first kappa shape index (κ1) is 8.52. The maximum atomic E-state index is 11.0. The Morgan fingerprint density at radius 3 is 2.75 bits per heavy atom. The van der Waals surface area contributed by atoms with Gasteiger partial charge in [0.05, 0.1) is 0 Å². The molecule has 0 spiro atoms. The number of pyridine rings is 1. The molecule has 1 aromatic rings. The monoisotopic (exact) mass is 166 g/mol. The van der Waals surface area contributed by atoms with Gasteiger partial charge in [-0.25, -0.2) is 0 Å². The van der Waals surface area contributed by atoms with Crippen LogP contribution in [0.3, 0.4) is 0 Å². The number of hydrogen-bond acceptors (Lipinski definition) is 2. The highest BCUT2D eigenvalue weighted by Gasteiger charge is 2.02. The fraction of sp³-hybridized carbons (Fsp3) is 0.250. The van der Waals surface area contributed by atoms with E-state index in [-0.39, 0.29) is 11.5 Å². The molecular weight excluding hydrogens is 156 g/mol. The van der Waals surface area contributed by atoms with Gasteiger partial charge in [-0.3, -0.25) is 9.59 Å². The summed E-state index contributed by atoms with van der Waals surface area (Å²) < 4.78 is 1.41. The highest BCUT2D eigenvalue weighted by Crippen LogP contribution is 1.92. The van der Waals surface area contributed by atoms with Gasteiger partial charge in [-0.05, 0) is 6.07 Å². The number of carbonyl (C=O) groups excluding carboxylic acids is 1. The molecule has 1 amide bonds. The molecular formula is C8H10N2O2. The van der Waals surface area contributed by atoms with Crippen LogP contribution in [0.2, 0.25) is 0 Å². The summed E-state index contributed by atoms with van der Waals surface area (Å²) in [6.45, 7) is 0. The predicted octanol–water partition coefficient (Wildman–Crippen LogP) is -0.255. The van der Waals surface area contributed by atoms with E-state index in [4.69, 9.17) is 0 Å². The van der Waals surface area contributed by atoms with Gasteiger partial charge in [0.25, 0.3) is 11.5 Å². The molecule has 1 N–H and O–H groups in total. The zero-order valence-corrected chi connectivity index (χ0v) is 7.00. The molecule has 1 rings (SSSR count). The molecule has 0 bridgehead atoms. The summed E-state index contributed by atoms with van der Waals surface area (Å²) >= 11 is 0. The van der Waals surface area contributed by atoms with E-state index in [1.165, 1.54) is 17.7 Å². The van der Waals surface area contributed by atoms with Crippen LogP contribution >= 0.6 is 0 Å². The van der Waals surface area contributed by atoms with E-state index in [0.717, 1.165) is 0 Å². The van der Waals surface area contributed by atoms with Crippen LogP contribution in [-0.4, -0.2) is 17.5 Å². The maximum absolute atomic E-state index is 11.0.